The number of carbonyl (C=O) groups is 2. The van der Waals surface area contributed by atoms with Crippen molar-refractivity contribution in [3.8, 4) is 11.5 Å². The van der Waals surface area contributed by atoms with Gasteiger partial charge in [0, 0.05) is 18.7 Å². The van der Waals surface area contributed by atoms with E-state index in [4.69, 9.17) is 9.47 Å². The average molecular weight is 339 g/mol. The molecular formula is C20H21NO4. The Labute approximate surface area is 147 Å². The fraction of sp³-hybridized carbons (Fsp3) is 0.300. The standard InChI is InChI=1S/C20H21NO4/c1-14(25-18-8-7-15(13-22)11-19(18)24-2)20(23)21-10-9-16-5-3-4-6-17(16)12-21/h3-8,11,13-14H,9-10,12H2,1-2H3/t14-/m1/s1. The maximum atomic E-state index is 12.7. The van der Waals surface area contributed by atoms with Crippen molar-refractivity contribution in [3.63, 3.8) is 0 Å². The second-order valence-corrected chi connectivity index (χ2v) is 6.07. The lowest BCUT2D eigenvalue weighted by Gasteiger charge is -2.31. The minimum atomic E-state index is -0.638. The van der Waals surface area contributed by atoms with E-state index in [0.29, 0.717) is 30.2 Å². The summed E-state index contributed by atoms with van der Waals surface area (Å²) in [7, 11) is 1.50. The maximum absolute atomic E-state index is 12.7. The van der Waals surface area contributed by atoms with Gasteiger partial charge in [0.05, 0.1) is 7.11 Å². The average Bonchev–Trinajstić information content (AvgIpc) is 2.67. The molecule has 0 aromatic heterocycles. The molecule has 3 rings (SSSR count). The van der Waals surface area contributed by atoms with Crippen LogP contribution in [0, 0.1) is 0 Å². The van der Waals surface area contributed by atoms with Gasteiger partial charge in [0.25, 0.3) is 5.91 Å². The monoisotopic (exact) mass is 339 g/mol. The predicted molar refractivity (Wildman–Crippen MR) is 94.0 cm³/mol. The molecule has 1 aliphatic rings. The van der Waals surface area contributed by atoms with Crippen LogP contribution in [0.5, 0.6) is 11.5 Å². The van der Waals surface area contributed by atoms with E-state index in [-0.39, 0.29) is 5.91 Å². The molecule has 5 nitrogen and oxygen atoms in total. The van der Waals surface area contributed by atoms with Crippen LogP contribution >= 0.6 is 0 Å². The molecular weight excluding hydrogens is 318 g/mol. The van der Waals surface area contributed by atoms with Crippen LogP contribution in [0.1, 0.15) is 28.4 Å². The van der Waals surface area contributed by atoms with Gasteiger partial charge in [-0.3, -0.25) is 9.59 Å². The first-order valence-corrected chi connectivity index (χ1v) is 8.28. The van der Waals surface area contributed by atoms with E-state index in [1.54, 1.807) is 25.1 Å². The summed E-state index contributed by atoms with van der Waals surface area (Å²) >= 11 is 0. The molecule has 1 aliphatic heterocycles. The Balaban J connectivity index is 1.70. The summed E-state index contributed by atoms with van der Waals surface area (Å²) in [6, 6.07) is 13.1. The Hall–Kier alpha value is -2.82. The molecule has 2 aromatic carbocycles. The summed E-state index contributed by atoms with van der Waals surface area (Å²) < 4.78 is 11.1. The number of benzene rings is 2. The van der Waals surface area contributed by atoms with Gasteiger partial charge in [-0.15, -0.1) is 0 Å². The zero-order valence-corrected chi connectivity index (χ0v) is 14.4. The van der Waals surface area contributed by atoms with Crippen molar-refractivity contribution in [2.45, 2.75) is 26.0 Å². The smallest absolute Gasteiger partial charge is 0.263 e. The number of methoxy groups -OCH3 is 1. The van der Waals surface area contributed by atoms with Gasteiger partial charge in [-0.25, -0.2) is 0 Å². The van der Waals surface area contributed by atoms with Crippen molar-refractivity contribution in [2.75, 3.05) is 13.7 Å². The van der Waals surface area contributed by atoms with Crippen LogP contribution in [-0.2, 0) is 17.8 Å². The van der Waals surface area contributed by atoms with Crippen LogP contribution in [0.3, 0.4) is 0 Å². The lowest BCUT2D eigenvalue weighted by Crippen LogP contribution is -2.43. The zero-order valence-electron chi connectivity index (χ0n) is 14.4. The molecule has 1 heterocycles. The molecule has 0 N–H and O–H groups in total. The van der Waals surface area contributed by atoms with Gasteiger partial charge in [0.15, 0.2) is 17.6 Å². The predicted octanol–water partition coefficient (Wildman–Crippen LogP) is 2.86. The Morgan fingerprint density at radius 3 is 2.64 bits per heavy atom. The molecule has 0 fully saturated rings. The second kappa shape index (κ2) is 7.38. The highest BCUT2D eigenvalue weighted by Crippen LogP contribution is 2.29. The van der Waals surface area contributed by atoms with Gasteiger partial charge in [0.1, 0.15) is 6.29 Å². The molecule has 25 heavy (non-hydrogen) atoms. The van der Waals surface area contributed by atoms with Gasteiger partial charge >= 0.3 is 0 Å². The van der Waals surface area contributed by atoms with Gasteiger partial charge in [-0.2, -0.15) is 0 Å². The highest BCUT2D eigenvalue weighted by atomic mass is 16.5. The van der Waals surface area contributed by atoms with Crippen molar-refractivity contribution in [2.24, 2.45) is 0 Å². The first-order chi connectivity index (χ1) is 12.1. The fourth-order valence-corrected chi connectivity index (χ4v) is 3.04. The SMILES string of the molecule is COc1cc(C=O)ccc1O[C@H](C)C(=O)N1CCc2ccccc2C1. The molecule has 1 atom stereocenters. The third-order valence-corrected chi connectivity index (χ3v) is 4.42. The molecule has 0 unspecified atom stereocenters. The maximum Gasteiger partial charge on any atom is 0.263 e. The molecule has 130 valence electrons. The summed E-state index contributed by atoms with van der Waals surface area (Å²) in [5.74, 6) is 0.829. The zero-order chi connectivity index (χ0) is 17.8. The molecule has 5 heteroatoms. The Morgan fingerprint density at radius 2 is 1.92 bits per heavy atom. The summed E-state index contributed by atoms with van der Waals surface area (Å²) in [5, 5.41) is 0. The van der Waals surface area contributed by atoms with Gasteiger partial charge in [0.2, 0.25) is 0 Å². The van der Waals surface area contributed by atoms with E-state index in [2.05, 4.69) is 12.1 Å². The summed E-state index contributed by atoms with van der Waals surface area (Å²) in [6.07, 6.45) is 0.958. The first-order valence-electron chi connectivity index (χ1n) is 8.28. The topological polar surface area (TPSA) is 55.8 Å². The molecule has 2 aromatic rings. The first kappa shape index (κ1) is 17.0. The molecule has 0 bridgehead atoms. The molecule has 0 saturated carbocycles. The summed E-state index contributed by atoms with van der Waals surface area (Å²) in [6.45, 7) is 3.02. The number of rotatable bonds is 5. The van der Waals surface area contributed by atoms with E-state index >= 15 is 0 Å². The van der Waals surface area contributed by atoms with Crippen molar-refractivity contribution in [3.05, 3.63) is 59.2 Å². The largest absolute Gasteiger partial charge is 0.493 e. The van der Waals surface area contributed by atoms with Crippen LogP contribution in [0.25, 0.3) is 0 Å². The molecule has 0 radical (unpaired) electrons. The third-order valence-electron chi connectivity index (χ3n) is 4.42. The summed E-state index contributed by atoms with van der Waals surface area (Å²) in [4.78, 5) is 25.4. The number of fused-ring (bicyclic) bond motifs is 1. The number of hydrogen-bond acceptors (Lipinski definition) is 4. The Morgan fingerprint density at radius 1 is 1.16 bits per heavy atom. The second-order valence-electron chi connectivity index (χ2n) is 6.07. The van der Waals surface area contributed by atoms with Gasteiger partial charge in [-0.1, -0.05) is 24.3 Å². The van der Waals surface area contributed by atoms with Gasteiger partial charge < -0.3 is 14.4 Å². The Kier molecular flexibility index (Phi) is 5.03. The lowest BCUT2D eigenvalue weighted by molar-refractivity contribution is -0.138. The van der Waals surface area contributed by atoms with Crippen LogP contribution in [-0.4, -0.2) is 36.9 Å². The van der Waals surface area contributed by atoms with Crippen molar-refractivity contribution < 1.29 is 19.1 Å². The quantitative estimate of drug-likeness (QED) is 0.786. The normalized spacial score (nSPS) is 14.4. The van der Waals surface area contributed by atoms with E-state index in [1.807, 2.05) is 17.0 Å². The molecule has 0 aliphatic carbocycles. The van der Waals surface area contributed by atoms with Crippen LogP contribution in [0.15, 0.2) is 42.5 Å². The van der Waals surface area contributed by atoms with E-state index in [9.17, 15) is 9.59 Å². The molecule has 0 spiro atoms. The lowest BCUT2D eigenvalue weighted by atomic mass is 9.99. The minimum Gasteiger partial charge on any atom is -0.493 e. The van der Waals surface area contributed by atoms with Crippen molar-refractivity contribution >= 4 is 12.2 Å². The van der Waals surface area contributed by atoms with Crippen molar-refractivity contribution in [1.82, 2.24) is 4.90 Å². The highest BCUT2D eigenvalue weighted by molar-refractivity contribution is 5.81. The van der Waals surface area contributed by atoms with Crippen LogP contribution < -0.4 is 9.47 Å². The van der Waals surface area contributed by atoms with E-state index < -0.39 is 6.10 Å². The Bertz CT molecular complexity index is 787. The molecule has 0 saturated heterocycles. The van der Waals surface area contributed by atoms with Gasteiger partial charge in [-0.05, 0) is 42.7 Å². The van der Waals surface area contributed by atoms with Crippen LogP contribution in [0.4, 0.5) is 0 Å². The summed E-state index contributed by atoms with van der Waals surface area (Å²) in [5.41, 5.74) is 2.98. The number of nitrogens with zero attached hydrogens (tertiary/aromatic N) is 1. The highest BCUT2D eigenvalue weighted by Gasteiger charge is 2.26. The minimum absolute atomic E-state index is 0.0592. The number of aldehydes is 1. The number of carbonyl (C=O) groups excluding carboxylic acids is 2. The van der Waals surface area contributed by atoms with E-state index in [0.717, 1.165) is 12.7 Å². The number of ether oxygens (including phenoxy) is 2. The third kappa shape index (κ3) is 3.65. The molecule has 1 amide bonds. The van der Waals surface area contributed by atoms with Crippen molar-refractivity contribution in [1.29, 1.82) is 0 Å². The van der Waals surface area contributed by atoms with Crippen LogP contribution in [0.2, 0.25) is 0 Å². The number of amides is 1. The number of hydrogen-bond donors (Lipinski definition) is 0. The fourth-order valence-electron chi connectivity index (χ4n) is 3.04. The van der Waals surface area contributed by atoms with E-state index in [1.165, 1.54) is 18.2 Å².